The van der Waals surface area contributed by atoms with Crippen molar-refractivity contribution in [3.05, 3.63) is 29.5 Å². The average Bonchev–Trinajstić information content (AvgIpc) is 2.65. The van der Waals surface area contributed by atoms with Crippen LogP contribution in [0.3, 0.4) is 0 Å². The summed E-state index contributed by atoms with van der Waals surface area (Å²) in [6, 6.07) is 5.11. The van der Waals surface area contributed by atoms with Gasteiger partial charge < -0.3 is 0 Å². The molecule has 2 rings (SSSR count). The summed E-state index contributed by atoms with van der Waals surface area (Å²) in [4.78, 5) is 4.08. The van der Waals surface area contributed by atoms with Gasteiger partial charge in [0.15, 0.2) is 10.2 Å². The van der Waals surface area contributed by atoms with Crippen LogP contribution in [0.15, 0.2) is 29.4 Å². The molecule has 0 atom stereocenters. The summed E-state index contributed by atoms with van der Waals surface area (Å²) in [6.45, 7) is 5.85. The van der Waals surface area contributed by atoms with Gasteiger partial charge in [0.05, 0.1) is 0 Å². The molecule has 7 heteroatoms. The molecule has 0 radical (unpaired) electrons. The van der Waals surface area contributed by atoms with Crippen LogP contribution in [0.25, 0.3) is 5.65 Å². The molecule has 0 saturated carbocycles. The molecule has 0 amide bonds. The maximum absolute atomic E-state index is 12.7. The zero-order valence-corrected chi connectivity index (χ0v) is 12.6. The fraction of sp³-hybridized carbons (Fsp3) is 0.417. The summed E-state index contributed by atoms with van der Waals surface area (Å²) >= 11 is 6.02. The lowest BCUT2D eigenvalue weighted by atomic mass is 10.4. The van der Waals surface area contributed by atoms with E-state index < -0.39 is 10.0 Å². The van der Waals surface area contributed by atoms with E-state index in [1.54, 1.807) is 31.3 Å². The summed E-state index contributed by atoms with van der Waals surface area (Å²) in [5.41, 5.74) is 0.519. The lowest BCUT2D eigenvalue weighted by molar-refractivity contribution is 0.367. The Bertz CT molecular complexity index is 694. The van der Waals surface area contributed by atoms with E-state index in [1.807, 2.05) is 13.8 Å². The fourth-order valence-corrected chi connectivity index (χ4v) is 4.35. The molecule has 0 saturated heterocycles. The minimum atomic E-state index is -3.66. The number of nitrogens with zero attached hydrogens (tertiary/aromatic N) is 3. The number of aromatic nitrogens is 2. The predicted molar refractivity (Wildman–Crippen MR) is 74.9 cm³/mol. The third-order valence-corrected chi connectivity index (χ3v) is 5.44. The van der Waals surface area contributed by atoms with Crippen LogP contribution in [0.4, 0.5) is 0 Å². The Hall–Kier alpha value is -1.11. The number of hydrogen-bond donors (Lipinski definition) is 0. The maximum Gasteiger partial charge on any atom is 0.262 e. The van der Waals surface area contributed by atoms with Crippen molar-refractivity contribution >= 4 is 27.3 Å². The molecule has 0 aliphatic rings. The monoisotopic (exact) mass is 301 g/mol. The highest BCUT2D eigenvalue weighted by Gasteiger charge is 2.31. The Morgan fingerprint density at radius 1 is 1.42 bits per heavy atom. The van der Waals surface area contributed by atoms with E-state index in [1.165, 1.54) is 8.71 Å². The van der Waals surface area contributed by atoms with Gasteiger partial charge in [0.1, 0.15) is 5.65 Å². The van der Waals surface area contributed by atoms with E-state index in [-0.39, 0.29) is 16.2 Å². The first-order chi connectivity index (χ1) is 8.89. The number of sulfonamides is 1. The molecule has 0 aromatic carbocycles. The second kappa shape index (κ2) is 5.11. The van der Waals surface area contributed by atoms with Crippen LogP contribution in [0.1, 0.15) is 20.8 Å². The minimum Gasteiger partial charge on any atom is -0.288 e. The highest BCUT2D eigenvalue weighted by molar-refractivity contribution is 7.89. The molecule has 2 aromatic rings. The molecule has 2 aromatic heterocycles. The van der Waals surface area contributed by atoms with Crippen molar-refractivity contribution < 1.29 is 8.42 Å². The van der Waals surface area contributed by atoms with Crippen LogP contribution in [0, 0.1) is 0 Å². The first-order valence-corrected chi connectivity index (χ1v) is 7.85. The lowest BCUT2D eigenvalue weighted by Gasteiger charge is -2.23. The standard InChI is InChI=1S/C12H16ClN3O2S/c1-4-16(9(2)3)19(17,18)12-11(13)14-10-7-5-6-8-15(10)12/h5-9H,4H2,1-3H3. The molecule has 104 valence electrons. The lowest BCUT2D eigenvalue weighted by Crippen LogP contribution is -2.37. The van der Waals surface area contributed by atoms with Gasteiger partial charge >= 0.3 is 0 Å². The number of imidazole rings is 1. The second-order valence-electron chi connectivity index (χ2n) is 4.44. The van der Waals surface area contributed by atoms with Gasteiger partial charge in [-0.1, -0.05) is 24.6 Å². The van der Waals surface area contributed by atoms with Crippen LogP contribution < -0.4 is 0 Å². The predicted octanol–water partition coefficient (Wildman–Crippen LogP) is 2.41. The summed E-state index contributed by atoms with van der Waals surface area (Å²) in [5.74, 6) is 0. The van der Waals surface area contributed by atoms with Crippen molar-refractivity contribution in [2.45, 2.75) is 31.8 Å². The van der Waals surface area contributed by atoms with E-state index in [0.717, 1.165) is 0 Å². The third kappa shape index (κ3) is 2.35. The van der Waals surface area contributed by atoms with Crippen molar-refractivity contribution in [3.63, 3.8) is 0 Å². The molecular weight excluding hydrogens is 286 g/mol. The Morgan fingerprint density at radius 3 is 2.68 bits per heavy atom. The highest BCUT2D eigenvalue weighted by atomic mass is 35.5. The van der Waals surface area contributed by atoms with E-state index in [2.05, 4.69) is 4.98 Å². The van der Waals surface area contributed by atoms with Crippen molar-refractivity contribution in [1.29, 1.82) is 0 Å². The fourth-order valence-electron chi connectivity index (χ4n) is 2.10. The zero-order valence-electron chi connectivity index (χ0n) is 11.0. The number of halogens is 1. The SMILES string of the molecule is CCN(C(C)C)S(=O)(=O)c1c(Cl)nc2ccccn12. The largest absolute Gasteiger partial charge is 0.288 e. The smallest absolute Gasteiger partial charge is 0.262 e. The number of pyridine rings is 1. The molecule has 2 heterocycles. The number of fused-ring (bicyclic) bond motifs is 1. The van der Waals surface area contributed by atoms with Gasteiger partial charge in [-0.25, -0.2) is 13.4 Å². The topological polar surface area (TPSA) is 54.7 Å². The van der Waals surface area contributed by atoms with Gasteiger partial charge in [0, 0.05) is 18.8 Å². The second-order valence-corrected chi connectivity index (χ2v) is 6.60. The van der Waals surface area contributed by atoms with Crippen molar-refractivity contribution in [2.24, 2.45) is 0 Å². The van der Waals surface area contributed by atoms with Gasteiger partial charge in [-0.3, -0.25) is 4.40 Å². The molecule has 0 bridgehead atoms. The van der Waals surface area contributed by atoms with Crippen molar-refractivity contribution in [3.8, 4) is 0 Å². The summed E-state index contributed by atoms with van der Waals surface area (Å²) in [6.07, 6.45) is 1.65. The maximum atomic E-state index is 12.7. The van der Waals surface area contributed by atoms with E-state index >= 15 is 0 Å². The highest BCUT2D eigenvalue weighted by Crippen LogP contribution is 2.26. The summed E-state index contributed by atoms with van der Waals surface area (Å²) in [7, 11) is -3.66. The molecule has 0 aliphatic heterocycles. The molecular formula is C12H16ClN3O2S. The molecule has 19 heavy (non-hydrogen) atoms. The van der Waals surface area contributed by atoms with Gasteiger partial charge in [-0.15, -0.1) is 0 Å². The van der Waals surface area contributed by atoms with E-state index in [9.17, 15) is 8.42 Å². The van der Waals surface area contributed by atoms with Crippen molar-refractivity contribution in [2.75, 3.05) is 6.54 Å². The molecule has 0 unspecified atom stereocenters. The molecule has 0 fully saturated rings. The first kappa shape index (κ1) is 14.3. The third-order valence-electron chi connectivity index (χ3n) is 2.89. The molecule has 0 N–H and O–H groups in total. The Morgan fingerprint density at radius 2 is 2.11 bits per heavy atom. The number of hydrogen-bond acceptors (Lipinski definition) is 3. The molecule has 5 nitrogen and oxygen atoms in total. The van der Waals surface area contributed by atoms with Gasteiger partial charge in [0.2, 0.25) is 0 Å². The van der Waals surface area contributed by atoms with Crippen molar-refractivity contribution in [1.82, 2.24) is 13.7 Å². The van der Waals surface area contributed by atoms with Crippen LogP contribution in [-0.2, 0) is 10.0 Å². The minimum absolute atomic E-state index is 0.00491. The Labute approximate surface area is 117 Å². The molecule has 0 aliphatic carbocycles. The van der Waals surface area contributed by atoms with Crippen LogP contribution in [0.2, 0.25) is 5.15 Å². The van der Waals surface area contributed by atoms with E-state index in [0.29, 0.717) is 12.2 Å². The van der Waals surface area contributed by atoms with Crippen LogP contribution in [0.5, 0.6) is 0 Å². The normalized spacial score (nSPS) is 12.7. The summed E-state index contributed by atoms with van der Waals surface area (Å²) in [5, 5.41) is 0.0330. The average molecular weight is 302 g/mol. The Balaban J connectivity index is 2.70. The Kier molecular flexibility index (Phi) is 3.85. The van der Waals surface area contributed by atoms with Crippen LogP contribution in [-0.4, -0.2) is 34.7 Å². The van der Waals surface area contributed by atoms with Gasteiger partial charge in [0.25, 0.3) is 10.0 Å². The first-order valence-electron chi connectivity index (χ1n) is 6.04. The summed E-state index contributed by atoms with van der Waals surface area (Å²) < 4.78 is 28.3. The zero-order chi connectivity index (χ0) is 14.2. The quantitative estimate of drug-likeness (QED) is 0.871. The van der Waals surface area contributed by atoms with Gasteiger partial charge in [-0.2, -0.15) is 4.31 Å². The number of rotatable bonds is 4. The van der Waals surface area contributed by atoms with Crippen LogP contribution >= 0.6 is 11.6 Å². The molecule has 0 spiro atoms. The van der Waals surface area contributed by atoms with E-state index in [4.69, 9.17) is 11.6 Å². The van der Waals surface area contributed by atoms with Gasteiger partial charge in [-0.05, 0) is 26.0 Å².